The molecule has 0 unspecified atom stereocenters. The van der Waals surface area contributed by atoms with Crippen LogP contribution < -0.4 is 0 Å². The molecule has 0 saturated heterocycles. The van der Waals surface area contributed by atoms with Gasteiger partial charge in [0.1, 0.15) is 0 Å². The predicted molar refractivity (Wildman–Crippen MR) is 44.9 cm³/mol. The van der Waals surface area contributed by atoms with Crippen molar-refractivity contribution in [2.24, 2.45) is 0 Å². The second-order valence-electron chi connectivity index (χ2n) is 3.00. The van der Waals surface area contributed by atoms with Gasteiger partial charge in [-0.1, -0.05) is 0 Å². The first-order valence-electron chi connectivity index (χ1n) is 3.26. The Morgan fingerprint density at radius 1 is 1.44 bits per heavy atom. The van der Waals surface area contributed by atoms with Crippen LogP contribution in [0, 0.1) is 0 Å². The topological polar surface area (TPSA) is 9.23 Å². The van der Waals surface area contributed by atoms with E-state index in [1.807, 2.05) is 0 Å². The fourth-order valence-electron chi connectivity index (χ4n) is 0.433. The molecule has 0 atom stereocenters. The average Bonchev–Trinajstić information content (AvgIpc) is 1.63. The lowest BCUT2D eigenvalue weighted by Gasteiger charge is -2.19. The van der Waals surface area contributed by atoms with Gasteiger partial charge in [-0.3, -0.25) is 0 Å². The molecule has 56 valence electrons. The van der Waals surface area contributed by atoms with Crippen LogP contribution in [0.5, 0.6) is 0 Å². The second-order valence-corrected chi connectivity index (χ2v) is 4.79. The third-order valence-corrected chi connectivity index (χ3v) is 3.24. The van der Waals surface area contributed by atoms with Gasteiger partial charge in [0.25, 0.3) is 0 Å². The van der Waals surface area contributed by atoms with Crippen molar-refractivity contribution in [3.63, 3.8) is 0 Å². The molecule has 0 bridgehead atoms. The minimum atomic E-state index is -0.325. The predicted octanol–water partition coefficient (Wildman–Crippen LogP) is 1.54. The molecule has 0 heterocycles. The molecule has 0 aliphatic rings. The second kappa shape index (κ2) is 4.31. The lowest BCUT2D eigenvalue weighted by Crippen LogP contribution is -2.21. The van der Waals surface area contributed by atoms with Crippen molar-refractivity contribution in [2.45, 2.75) is 32.4 Å². The maximum Gasteiger partial charge on any atom is 0.163 e. The Kier molecular flexibility index (Phi) is 4.53. The minimum absolute atomic E-state index is 0.0539. The highest BCUT2D eigenvalue weighted by atomic mass is 35.5. The zero-order valence-electron chi connectivity index (χ0n) is 6.41. The fraction of sp³-hybridized carbons (Fsp3) is 1.00. The van der Waals surface area contributed by atoms with Gasteiger partial charge in [0.15, 0.2) is 9.76 Å². The van der Waals surface area contributed by atoms with Crippen LogP contribution in [-0.2, 0) is 4.43 Å². The summed E-state index contributed by atoms with van der Waals surface area (Å²) >= 11 is 5.49. The molecule has 9 heavy (non-hydrogen) atoms. The first-order chi connectivity index (χ1) is 4.06. The third-order valence-electron chi connectivity index (χ3n) is 0.813. The molecular weight excluding hydrogens is 152 g/mol. The number of hydrogen-bond donors (Lipinski definition) is 0. The molecule has 0 amide bonds. The van der Waals surface area contributed by atoms with Crippen LogP contribution >= 0.6 is 11.6 Å². The van der Waals surface area contributed by atoms with Crippen LogP contribution in [0.25, 0.3) is 0 Å². The molecule has 3 heteroatoms. The summed E-state index contributed by atoms with van der Waals surface area (Å²) < 4.78 is 5.52. The minimum Gasteiger partial charge on any atom is -0.419 e. The largest absolute Gasteiger partial charge is 0.419 e. The van der Waals surface area contributed by atoms with E-state index < -0.39 is 0 Å². The molecule has 0 aliphatic heterocycles. The number of hydrogen-bond acceptors (Lipinski definition) is 1. The van der Waals surface area contributed by atoms with Crippen molar-refractivity contribution in [3.05, 3.63) is 0 Å². The molecule has 0 aliphatic carbocycles. The van der Waals surface area contributed by atoms with E-state index in [4.69, 9.17) is 16.0 Å². The highest BCUT2D eigenvalue weighted by Crippen LogP contribution is 2.05. The smallest absolute Gasteiger partial charge is 0.163 e. The molecule has 0 N–H and O–H groups in total. The summed E-state index contributed by atoms with van der Waals surface area (Å²) in [4.78, 5) is 0. The van der Waals surface area contributed by atoms with Crippen molar-refractivity contribution < 1.29 is 4.43 Å². The molecule has 0 aromatic rings. The molecule has 0 aromatic carbocycles. The van der Waals surface area contributed by atoms with Crippen LogP contribution in [0.15, 0.2) is 0 Å². The van der Waals surface area contributed by atoms with Crippen molar-refractivity contribution in [1.82, 2.24) is 0 Å². The summed E-state index contributed by atoms with van der Waals surface area (Å²) in [5.74, 6) is 0.752. The van der Waals surface area contributed by atoms with Crippen molar-refractivity contribution in [2.75, 3.05) is 5.88 Å². The lowest BCUT2D eigenvalue weighted by atomic mass is 10.2. The van der Waals surface area contributed by atoms with Gasteiger partial charge in [-0.2, -0.15) is 0 Å². The van der Waals surface area contributed by atoms with E-state index in [1.54, 1.807) is 0 Å². The van der Waals surface area contributed by atoms with E-state index in [0.29, 0.717) is 0 Å². The zero-order valence-corrected chi connectivity index (χ0v) is 8.58. The van der Waals surface area contributed by atoms with Crippen LogP contribution in [0.2, 0.25) is 6.04 Å². The van der Waals surface area contributed by atoms with Gasteiger partial charge < -0.3 is 4.43 Å². The van der Waals surface area contributed by atoms with E-state index >= 15 is 0 Å². The van der Waals surface area contributed by atoms with Crippen molar-refractivity contribution in [1.29, 1.82) is 0 Å². The average molecular weight is 167 g/mol. The normalized spacial score (nSPS) is 13.3. The first kappa shape index (κ1) is 9.47. The summed E-state index contributed by atoms with van der Waals surface area (Å²) in [5.41, 5.74) is 0.0539. The zero-order chi connectivity index (χ0) is 7.33. The van der Waals surface area contributed by atoms with Crippen molar-refractivity contribution in [3.8, 4) is 0 Å². The van der Waals surface area contributed by atoms with Crippen LogP contribution in [0.3, 0.4) is 0 Å². The summed E-state index contributed by atoms with van der Waals surface area (Å²) in [5, 5.41) is 0. The van der Waals surface area contributed by atoms with E-state index in [-0.39, 0.29) is 15.4 Å². The molecule has 0 radical (unpaired) electrons. The molecule has 0 saturated carbocycles. The monoisotopic (exact) mass is 166 g/mol. The van der Waals surface area contributed by atoms with Gasteiger partial charge in [-0.25, -0.2) is 0 Å². The Hall–Kier alpha value is 0.467. The Morgan fingerprint density at radius 2 is 2.00 bits per heavy atom. The van der Waals surface area contributed by atoms with Gasteiger partial charge >= 0.3 is 0 Å². The van der Waals surface area contributed by atoms with Gasteiger partial charge in [-0.15, -0.1) is 11.6 Å². The Balaban J connectivity index is 3.07. The summed E-state index contributed by atoms with van der Waals surface area (Å²) in [6.45, 7) is 6.23. The van der Waals surface area contributed by atoms with Gasteiger partial charge in [-0.05, 0) is 26.8 Å². The standard InChI is InChI=1S/C6H15ClOSi/c1-6(2,3)8-9-5-4-7/h4-5,9H2,1-3H3. The molecule has 0 spiro atoms. The third kappa shape index (κ3) is 8.47. The van der Waals surface area contributed by atoms with Gasteiger partial charge in [0.2, 0.25) is 0 Å². The Bertz CT molecular complexity index is 69.9. The molecule has 1 nitrogen and oxygen atoms in total. The first-order valence-corrected chi connectivity index (χ1v) is 5.37. The van der Waals surface area contributed by atoms with Crippen LogP contribution in [-0.4, -0.2) is 21.2 Å². The van der Waals surface area contributed by atoms with Gasteiger partial charge in [0.05, 0.1) is 0 Å². The van der Waals surface area contributed by atoms with E-state index in [1.165, 1.54) is 0 Å². The Labute approximate surface area is 64.7 Å². The number of alkyl halides is 1. The molecule has 0 rings (SSSR count). The highest BCUT2D eigenvalue weighted by Gasteiger charge is 2.07. The fourth-order valence-corrected chi connectivity index (χ4v) is 1.63. The number of rotatable bonds is 3. The quantitative estimate of drug-likeness (QED) is 0.351. The van der Waals surface area contributed by atoms with E-state index in [9.17, 15) is 0 Å². The molecule has 0 fully saturated rings. The van der Waals surface area contributed by atoms with Crippen LogP contribution in [0.4, 0.5) is 0 Å². The maximum atomic E-state index is 5.52. The van der Waals surface area contributed by atoms with Crippen molar-refractivity contribution >= 4 is 21.4 Å². The van der Waals surface area contributed by atoms with E-state index in [0.717, 1.165) is 11.9 Å². The Morgan fingerprint density at radius 3 is 2.33 bits per heavy atom. The highest BCUT2D eigenvalue weighted by molar-refractivity contribution is 6.31. The van der Waals surface area contributed by atoms with E-state index in [2.05, 4.69) is 20.8 Å². The summed E-state index contributed by atoms with van der Waals surface area (Å²) in [6.07, 6.45) is 0. The molecular formula is C6H15ClOSi. The van der Waals surface area contributed by atoms with Gasteiger partial charge in [0, 0.05) is 11.5 Å². The maximum absolute atomic E-state index is 5.52. The molecule has 0 aromatic heterocycles. The summed E-state index contributed by atoms with van der Waals surface area (Å²) in [6, 6.07) is 1.08. The van der Waals surface area contributed by atoms with Crippen LogP contribution in [0.1, 0.15) is 20.8 Å². The lowest BCUT2D eigenvalue weighted by molar-refractivity contribution is 0.138. The SMILES string of the molecule is CC(C)(C)O[SiH2]CCCl. The number of halogens is 1. The summed E-state index contributed by atoms with van der Waals surface area (Å²) in [7, 11) is -0.325.